The minimum Gasteiger partial charge on any atom is -0.351 e. The van der Waals surface area contributed by atoms with E-state index in [1.54, 1.807) is 30.3 Å². The van der Waals surface area contributed by atoms with E-state index in [2.05, 4.69) is 5.32 Å². The van der Waals surface area contributed by atoms with E-state index >= 15 is 0 Å². The Bertz CT molecular complexity index is 752. The van der Waals surface area contributed by atoms with Gasteiger partial charge in [0.15, 0.2) is 0 Å². The Balaban J connectivity index is 1.93. The van der Waals surface area contributed by atoms with Gasteiger partial charge in [-0.15, -0.1) is 0 Å². The summed E-state index contributed by atoms with van der Waals surface area (Å²) in [6.45, 7) is 0.0940. The zero-order chi connectivity index (χ0) is 16.8. The lowest BCUT2D eigenvalue weighted by atomic mass is 10.2. The van der Waals surface area contributed by atoms with E-state index in [9.17, 15) is 23.5 Å². The number of non-ortho nitro benzene ring substituents is 1. The quantitative estimate of drug-likeness (QED) is 0.647. The number of nitrogens with zero attached hydrogens (tertiary/aromatic N) is 1. The zero-order valence-corrected chi connectivity index (χ0v) is 12.7. The maximum Gasteiger partial charge on any atom is 0.272 e. The van der Waals surface area contributed by atoms with Crippen LogP contribution in [0.4, 0.5) is 10.1 Å². The summed E-state index contributed by atoms with van der Waals surface area (Å²) in [5.41, 5.74) is -0.717. The molecule has 2 rings (SSSR count). The smallest absolute Gasteiger partial charge is 0.272 e. The van der Waals surface area contributed by atoms with E-state index in [0.29, 0.717) is 11.0 Å². The highest BCUT2D eigenvalue weighted by molar-refractivity contribution is 7.85. The number of nitro groups is 1. The van der Waals surface area contributed by atoms with Crippen LogP contribution < -0.4 is 5.32 Å². The molecule has 0 fully saturated rings. The van der Waals surface area contributed by atoms with Crippen molar-refractivity contribution in [3.8, 4) is 0 Å². The molecule has 23 heavy (non-hydrogen) atoms. The molecule has 0 aromatic heterocycles. The molecule has 6 nitrogen and oxygen atoms in total. The lowest BCUT2D eigenvalue weighted by Gasteiger charge is -2.06. The van der Waals surface area contributed by atoms with Gasteiger partial charge in [0.25, 0.3) is 11.6 Å². The van der Waals surface area contributed by atoms with Crippen LogP contribution in [0.25, 0.3) is 0 Å². The van der Waals surface area contributed by atoms with Crippen molar-refractivity contribution in [2.24, 2.45) is 0 Å². The third kappa shape index (κ3) is 4.43. The molecule has 0 saturated carbocycles. The monoisotopic (exact) mass is 336 g/mol. The second kappa shape index (κ2) is 7.59. The van der Waals surface area contributed by atoms with Gasteiger partial charge in [0.1, 0.15) is 5.82 Å². The lowest BCUT2D eigenvalue weighted by Crippen LogP contribution is -2.28. The largest absolute Gasteiger partial charge is 0.351 e. The molecule has 0 aliphatic carbocycles. The molecule has 0 saturated heterocycles. The second-order valence-electron chi connectivity index (χ2n) is 4.54. The molecular weight excluding hydrogens is 323 g/mol. The molecule has 1 N–H and O–H groups in total. The Hall–Kier alpha value is -2.61. The van der Waals surface area contributed by atoms with Gasteiger partial charge in [0, 0.05) is 23.3 Å². The summed E-state index contributed by atoms with van der Waals surface area (Å²) in [4.78, 5) is 22.3. The number of amides is 1. The van der Waals surface area contributed by atoms with Crippen LogP contribution in [-0.2, 0) is 10.8 Å². The van der Waals surface area contributed by atoms with Gasteiger partial charge < -0.3 is 5.32 Å². The third-order valence-electron chi connectivity index (χ3n) is 2.99. The molecule has 1 amide bonds. The summed E-state index contributed by atoms with van der Waals surface area (Å²) in [7, 11) is -1.27. The average Bonchev–Trinajstić information content (AvgIpc) is 2.55. The number of hydrogen-bond acceptors (Lipinski definition) is 4. The van der Waals surface area contributed by atoms with Crippen LogP contribution in [-0.4, -0.2) is 27.3 Å². The van der Waals surface area contributed by atoms with Crippen molar-refractivity contribution >= 4 is 22.4 Å². The van der Waals surface area contributed by atoms with Gasteiger partial charge in [-0.25, -0.2) is 4.39 Å². The van der Waals surface area contributed by atoms with Crippen molar-refractivity contribution in [2.45, 2.75) is 4.90 Å². The Kier molecular flexibility index (Phi) is 5.53. The minimum atomic E-state index is -1.27. The van der Waals surface area contributed by atoms with Gasteiger partial charge in [-0.1, -0.05) is 18.2 Å². The summed E-state index contributed by atoms with van der Waals surface area (Å²) < 4.78 is 25.6. The number of nitrogens with one attached hydrogen (secondary N) is 1. The molecule has 0 bridgehead atoms. The molecule has 0 aliphatic rings. The molecule has 2 aromatic carbocycles. The topological polar surface area (TPSA) is 89.3 Å². The summed E-state index contributed by atoms with van der Waals surface area (Å²) in [6, 6.07) is 11.6. The lowest BCUT2D eigenvalue weighted by molar-refractivity contribution is -0.385. The van der Waals surface area contributed by atoms with Crippen LogP contribution in [0.3, 0.4) is 0 Å². The Morgan fingerprint density at radius 1 is 1.22 bits per heavy atom. The average molecular weight is 336 g/mol. The summed E-state index contributed by atoms with van der Waals surface area (Å²) >= 11 is 0. The SMILES string of the molecule is O=C(NCC[S@](=O)c1ccccc1)c1ccc([N+](=O)[O-])cc1F. The van der Waals surface area contributed by atoms with Crippen LogP contribution in [0.2, 0.25) is 0 Å². The van der Waals surface area contributed by atoms with Gasteiger partial charge >= 0.3 is 0 Å². The molecule has 0 unspecified atom stereocenters. The van der Waals surface area contributed by atoms with Gasteiger partial charge in [0.2, 0.25) is 0 Å². The van der Waals surface area contributed by atoms with Crippen molar-refractivity contribution in [1.82, 2.24) is 5.32 Å². The van der Waals surface area contributed by atoms with Gasteiger partial charge in [-0.3, -0.25) is 19.1 Å². The second-order valence-corrected chi connectivity index (χ2v) is 6.11. The van der Waals surface area contributed by atoms with Crippen molar-refractivity contribution in [3.63, 3.8) is 0 Å². The molecule has 0 aliphatic heterocycles. The number of benzene rings is 2. The van der Waals surface area contributed by atoms with E-state index in [-0.39, 0.29) is 17.9 Å². The summed E-state index contributed by atoms with van der Waals surface area (Å²) in [6.07, 6.45) is 0. The fraction of sp³-hybridized carbons (Fsp3) is 0.133. The first-order valence-electron chi connectivity index (χ1n) is 6.64. The van der Waals surface area contributed by atoms with Crippen molar-refractivity contribution in [1.29, 1.82) is 0 Å². The first-order chi connectivity index (χ1) is 11.0. The van der Waals surface area contributed by atoms with E-state index in [1.165, 1.54) is 0 Å². The zero-order valence-electron chi connectivity index (χ0n) is 11.9. The molecule has 0 radical (unpaired) electrons. The first-order valence-corrected chi connectivity index (χ1v) is 7.96. The molecule has 0 spiro atoms. The van der Waals surface area contributed by atoms with Crippen LogP contribution in [0.15, 0.2) is 53.4 Å². The number of carbonyl (C=O) groups excluding carboxylic acids is 1. The van der Waals surface area contributed by atoms with Crippen LogP contribution in [0.5, 0.6) is 0 Å². The van der Waals surface area contributed by atoms with Gasteiger partial charge in [0.05, 0.1) is 27.4 Å². The van der Waals surface area contributed by atoms with E-state index in [4.69, 9.17) is 0 Å². The van der Waals surface area contributed by atoms with Crippen molar-refractivity contribution in [2.75, 3.05) is 12.3 Å². The Morgan fingerprint density at radius 3 is 2.52 bits per heavy atom. The van der Waals surface area contributed by atoms with Crippen LogP contribution in [0, 0.1) is 15.9 Å². The first kappa shape index (κ1) is 16.8. The van der Waals surface area contributed by atoms with Gasteiger partial charge in [-0.2, -0.15) is 0 Å². The molecule has 120 valence electrons. The van der Waals surface area contributed by atoms with E-state index in [1.807, 2.05) is 0 Å². The summed E-state index contributed by atoms with van der Waals surface area (Å²) in [5.74, 6) is -1.49. The van der Waals surface area contributed by atoms with E-state index in [0.717, 1.165) is 12.1 Å². The van der Waals surface area contributed by atoms with Crippen molar-refractivity contribution < 1.29 is 18.3 Å². The van der Waals surface area contributed by atoms with Crippen LogP contribution >= 0.6 is 0 Å². The normalized spacial score (nSPS) is 11.7. The number of rotatable bonds is 6. The highest BCUT2D eigenvalue weighted by Gasteiger charge is 2.16. The van der Waals surface area contributed by atoms with E-state index < -0.39 is 33.1 Å². The maximum absolute atomic E-state index is 13.7. The highest BCUT2D eigenvalue weighted by Crippen LogP contribution is 2.16. The summed E-state index contributed by atoms with van der Waals surface area (Å²) in [5, 5.41) is 13.0. The predicted octanol–water partition coefficient (Wildman–Crippen LogP) is 2.27. The molecule has 2 aromatic rings. The van der Waals surface area contributed by atoms with Gasteiger partial charge in [-0.05, 0) is 18.2 Å². The number of nitro benzene ring substituents is 1. The molecule has 8 heteroatoms. The number of hydrogen-bond donors (Lipinski definition) is 1. The maximum atomic E-state index is 13.7. The molecule has 0 heterocycles. The fourth-order valence-corrected chi connectivity index (χ4v) is 2.83. The number of carbonyl (C=O) groups is 1. The molecule has 1 atom stereocenters. The fourth-order valence-electron chi connectivity index (χ4n) is 1.84. The highest BCUT2D eigenvalue weighted by atomic mass is 32.2. The van der Waals surface area contributed by atoms with Crippen LogP contribution in [0.1, 0.15) is 10.4 Å². The Morgan fingerprint density at radius 2 is 1.91 bits per heavy atom. The third-order valence-corrected chi connectivity index (χ3v) is 4.36. The van der Waals surface area contributed by atoms with Crippen molar-refractivity contribution in [3.05, 3.63) is 70.0 Å². The molecular formula is C15H13FN2O4S. The minimum absolute atomic E-state index is 0.0940. The standard InChI is InChI=1S/C15H13FN2O4S/c16-14-10-11(18(20)21)6-7-13(14)15(19)17-8-9-23(22)12-4-2-1-3-5-12/h1-7,10H,8-9H2,(H,17,19)/t23-/m0/s1. The predicted molar refractivity (Wildman–Crippen MR) is 83.1 cm³/mol. The Labute approximate surface area is 133 Å². The number of halogens is 1.